The van der Waals surface area contributed by atoms with Gasteiger partial charge in [-0.25, -0.2) is 0 Å². The third-order valence-corrected chi connectivity index (χ3v) is 6.20. The molecule has 6 nitrogen and oxygen atoms in total. The monoisotopic (exact) mass is 467 g/mol. The van der Waals surface area contributed by atoms with Crippen LogP contribution in [0.1, 0.15) is 45.6 Å². The summed E-state index contributed by atoms with van der Waals surface area (Å²) < 4.78 is 45.2. The number of amides is 2. The number of ether oxygens (including phenoxy) is 1. The van der Waals surface area contributed by atoms with Crippen molar-refractivity contribution in [1.82, 2.24) is 10.3 Å². The van der Waals surface area contributed by atoms with Crippen molar-refractivity contribution in [2.24, 2.45) is 0 Å². The Morgan fingerprint density at radius 3 is 2.65 bits per heavy atom. The number of carbonyl (C=O) groups is 2. The quantitative estimate of drug-likeness (QED) is 0.597. The van der Waals surface area contributed by atoms with Crippen LogP contribution in [0.2, 0.25) is 0 Å². The average molecular weight is 467 g/mol. The van der Waals surface area contributed by atoms with Gasteiger partial charge < -0.3 is 15.4 Å². The first kappa shape index (κ1) is 21.9. The van der Waals surface area contributed by atoms with E-state index in [1.165, 1.54) is 12.1 Å². The van der Waals surface area contributed by atoms with E-state index >= 15 is 0 Å². The fourth-order valence-electron chi connectivity index (χ4n) is 4.47. The lowest BCUT2D eigenvalue weighted by Gasteiger charge is -2.39. The second-order valence-electron chi connectivity index (χ2n) is 8.30. The first-order chi connectivity index (χ1) is 16.3. The molecule has 0 aliphatic carbocycles. The van der Waals surface area contributed by atoms with Crippen LogP contribution in [0, 0.1) is 0 Å². The van der Waals surface area contributed by atoms with E-state index in [0.29, 0.717) is 41.1 Å². The Hall–Kier alpha value is -3.88. The van der Waals surface area contributed by atoms with Gasteiger partial charge >= 0.3 is 6.18 Å². The van der Waals surface area contributed by atoms with E-state index in [9.17, 15) is 22.8 Å². The standard InChI is InChI=1S/C25H20F3N3O3/c26-25(27,28)18-7-5-17(6-8-18)24(11-13-34-20-2-1-12-29-22(20)24)31-23(33)16-3-9-19-15(14-16)4-10-21(32)30-19/h1-3,5-9,12,14H,4,10-11,13H2,(H,30,32)(H,31,33). The van der Waals surface area contributed by atoms with E-state index in [4.69, 9.17) is 4.74 Å². The summed E-state index contributed by atoms with van der Waals surface area (Å²) >= 11 is 0. The molecule has 0 bridgehead atoms. The number of hydrogen-bond acceptors (Lipinski definition) is 4. The molecule has 2 amide bonds. The molecule has 2 aliphatic heterocycles. The molecule has 1 aromatic heterocycles. The first-order valence-electron chi connectivity index (χ1n) is 10.8. The summed E-state index contributed by atoms with van der Waals surface area (Å²) in [4.78, 5) is 29.5. The van der Waals surface area contributed by atoms with Gasteiger partial charge in [-0.05, 0) is 60.0 Å². The van der Waals surface area contributed by atoms with E-state index in [0.717, 1.165) is 17.7 Å². The lowest BCUT2D eigenvalue weighted by molar-refractivity contribution is -0.137. The van der Waals surface area contributed by atoms with Gasteiger partial charge in [-0.1, -0.05) is 12.1 Å². The molecule has 174 valence electrons. The molecular formula is C25H20F3N3O3. The highest BCUT2D eigenvalue weighted by molar-refractivity contribution is 5.98. The smallest absolute Gasteiger partial charge is 0.416 e. The maximum atomic E-state index is 13.4. The third kappa shape index (κ3) is 3.87. The summed E-state index contributed by atoms with van der Waals surface area (Å²) in [7, 11) is 0. The van der Waals surface area contributed by atoms with Gasteiger partial charge in [-0.15, -0.1) is 0 Å². The van der Waals surface area contributed by atoms with E-state index in [2.05, 4.69) is 15.6 Å². The maximum absolute atomic E-state index is 13.4. The minimum Gasteiger partial charge on any atom is -0.491 e. The summed E-state index contributed by atoms with van der Waals surface area (Å²) in [5, 5.41) is 5.83. The number of rotatable bonds is 3. The van der Waals surface area contributed by atoms with E-state index in [-0.39, 0.29) is 18.9 Å². The summed E-state index contributed by atoms with van der Waals surface area (Å²) in [6, 6.07) is 13.2. The number of nitrogens with zero attached hydrogens (tertiary/aromatic N) is 1. The number of halogens is 3. The summed E-state index contributed by atoms with van der Waals surface area (Å²) in [6.07, 6.45) is -1.78. The van der Waals surface area contributed by atoms with Gasteiger partial charge in [0.25, 0.3) is 5.91 Å². The summed E-state index contributed by atoms with van der Waals surface area (Å²) in [5.74, 6) is -0.0175. The molecule has 9 heteroatoms. The zero-order valence-corrected chi connectivity index (χ0v) is 17.9. The Kier molecular flexibility index (Phi) is 5.27. The number of fused-ring (bicyclic) bond motifs is 2. The molecular weight excluding hydrogens is 447 g/mol. The molecule has 5 rings (SSSR count). The molecule has 3 heterocycles. The van der Waals surface area contributed by atoms with Crippen LogP contribution in [-0.4, -0.2) is 23.4 Å². The van der Waals surface area contributed by atoms with E-state index < -0.39 is 23.2 Å². The topological polar surface area (TPSA) is 80.3 Å². The normalized spacial score (nSPS) is 19.3. The molecule has 0 radical (unpaired) electrons. The lowest BCUT2D eigenvalue weighted by atomic mass is 9.80. The highest BCUT2D eigenvalue weighted by Gasteiger charge is 2.43. The molecule has 0 fully saturated rings. The lowest BCUT2D eigenvalue weighted by Crippen LogP contribution is -2.50. The Morgan fingerprint density at radius 1 is 1.09 bits per heavy atom. The van der Waals surface area contributed by atoms with Gasteiger partial charge in [0, 0.05) is 30.3 Å². The number of benzene rings is 2. The maximum Gasteiger partial charge on any atom is 0.416 e. The highest BCUT2D eigenvalue weighted by atomic mass is 19.4. The van der Waals surface area contributed by atoms with E-state index in [1.54, 1.807) is 36.5 Å². The third-order valence-electron chi connectivity index (χ3n) is 6.20. The van der Waals surface area contributed by atoms with Crippen LogP contribution in [0.5, 0.6) is 5.75 Å². The number of carbonyl (C=O) groups excluding carboxylic acids is 2. The second-order valence-corrected chi connectivity index (χ2v) is 8.30. The van der Waals surface area contributed by atoms with Crippen molar-refractivity contribution in [3.63, 3.8) is 0 Å². The highest BCUT2D eigenvalue weighted by Crippen LogP contribution is 2.41. The number of pyridine rings is 1. The van der Waals surface area contributed by atoms with Crippen molar-refractivity contribution in [2.45, 2.75) is 31.0 Å². The van der Waals surface area contributed by atoms with Gasteiger partial charge in [-0.3, -0.25) is 14.6 Å². The average Bonchev–Trinajstić information content (AvgIpc) is 2.83. The molecule has 1 atom stereocenters. The predicted molar refractivity (Wildman–Crippen MR) is 117 cm³/mol. The Labute approximate surface area is 193 Å². The Bertz CT molecular complexity index is 1270. The molecule has 2 N–H and O–H groups in total. The minimum atomic E-state index is -4.47. The summed E-state index contributed by atoms with van der Waals surface area (Å²) in [6.45, 7) is 0.246. The van der Waals surface area contributed by atoms with Crippen molar-refractivity contribution in [3.8, 4) is 5.75 Å². The molecule has 34 heavy (non-hydrogen) atoms. The Balaban J connectivity index is 1.55. The molecule has 1 unspecified atom stereocenters. The van der Waals surface area contributed by atoms with Crippen LogP contribution in [-0.2, 0) is 22.9 Å². The first-order valence-corrected chi connectivity index (χ1v) is 10.8. The second kappa shape index (κ2) is 8.16. The van der Waals surface area contributed by atoms with Gasteiger partial charge in [0.1, 0.15) is 17.0 Å². The van der Waals surface area contributed by atoms with Crippen molar-refractivity contribution in [2.75, 3.05) is 11.9 Å². The molecule has 0 spiro atoms. The fraction of sp³-hybridized carbons (Fsp3) is 0.240. The van der Waals surface area contributed by atoms with Gasteiger partial charge in [0.15, 0.2) is 0 Å². The fourth-order valence-corrected chi connectivity index (χ4v) is 4.47. The molecule has 0 saturated heterocycles. The number of anilines is 1. The van der Waals surface area contributed by atoms with E-state index in [1.807, 2.05) is 0 Å². The van der Waals surface area contributed by atoms with Crippen LogP contribution in [0.15, 0.2) is 60.8 Å². The van der Waals surface area contributed by atoms with Crippen LogP contribution in [0.4, 0.5) is 18.9 Å². The van der Waals surface area contributed by atoms with Crippen LogP contribution >= 0.6 is 0 Å². The number of nitrogens with one attached hydrogen (secondary N) is 2. The SMILES string of the molecule is O=C1CCc2cc(C(=O)NC3(c4ccc(C(F)(F)F)cc4)CCOc4cccnc43)ccc2N1. The van der Waals surface area contributed by atoms with Gasteiger partial charge in [0.2, 0.25) is 5.91 Å². The van der Waals surface area contributed by atoms with Crippen LogP contribution < -0.4 is 15.4 Å². The van der Waals surface area contributed by atoms with Crippen molar-refractivity contribution in [3.05, 3.63) is 88.7 Å². The predicted octanol–water partition coefficient (Wildman–Crippen LogP) is 4.44. The van der Waals surface area contributed by atoms with Gasteiger partial charge in [-0.2, -0.15) is 13.2 Å². The Morgan fingerprint density at radius 2 is 1.88 bits per heavy atom. The number of hydrogen-bond donors (Lipinski definition) is 2. The molecule has 2 aliphatic rings. The van der Waals surface area contributed by atoms with Crippen molar-refractivity contribution >= 4 is 17.5 Å². The van der Waals surface area contributed by atoms with Crippen LogP contribution in [0.25, 0.3) is 0 Å². The zero-order valence-electron chi connectivity index (χ0n) is 17.9. The number of aryl methyl sites for hydroxylation is 1. The molecule has 0 saturated carbocycles. The van der Waals surface area contributed by atoms with Gasteiger partial charge in [0.05, 0.1) is 12.2 Å². The molecule has 2 aromatic carbocycles. The number of aromatic nitrogens is 1. The van der Waals surface area contributed by atoms with Crippen LogP contribution in [0.3, 0.4) is 0 Å². The summed E-state index contributed by atoms with van der Waals surface area (Å²) in [5.41, 5.74) is 0.847. The largest absolute Gasteiger partial charge is 0.491 e. The zero-order chi connectivity index (χ0) is 23.9. The minimum absolute atomic E-state index is 0.0733. The number of alkyl halides is 3. The molecule has 3 aromatic rings. The van der Waals surface area contributed by atoms with Crippen molar-refractivity contribution < 1.29 is 27.5 Å². The van der Waals surface area contributed by atoms with Crippen molar-refractivity contribution in [1.29, 1.82) is 0 Å².